The smallest absolute Gasteiger partial charge is 0.264 e. The summed E-state index contributed by atoms with van der Waals surface area (Å²) in [4.78, 5) is 11.6. The summed E-state index contributed by atoms with van der Waals surface area (Å²) in [6, 6.07) is 4.56. The number of amides is 1. The summed E-state index contributed by atoms with van der Waals surface area (Å²) in [5.41, 5.74) is 0.732. The standard InChI is InChI=1S/C13H18ClNO4S/c1-8(2)15-13(16)10(4)19-11-6-5-9(3)7-12(11)20(14,17)18/h5-8,10H,1-4H3,(H,15,16). The highest BCUT2D eigenvalue weighted by atomic mass is 35.7. The summed E-state index contributed by atoms with van der Waals surface area (Å²) in [6.45, 7) is 6.93. The molecule has 0 saturated carbocycles. The molecule has 20 heavy (non-hydrogen) atoms. The Bertz CT molecular complexity index is 598. The van der Waals surface area contributed by atoms with Crippen LogP contribution in [0.5, 0.6) is 5.75 Å². The summed E-state index contributed by atoms with van der Waals surface area (Å²) in [5.74, 6) is -0.254. The molecule has 0 saturated heterocycles. The molecule has 0 heterocycles. The van der Waals surface area contributed by atoms with E-state index in [4.69, 9.17) is 15.4 Å². The number of aryl methyl sites for hydroxylation is 1. The monoisotopic (exact) mass is 319 g/mol. The fraction of sp³-hybridized carbons (Fsp3) is 0.462. The lowest BCUT2D eigenvalue weighted by atomic mass is 10.2. The van der Waals surface area contributed by atoms with Crippen molar-refractivity contribution in [2.75, 3.05) is 0 Å². The third kappa shape index (κ3) is 4.68. The number of carbonyl (C=O) groups is 1. The molecule has 1 aromatic rings. The molecule has 0 bridgehead atoms. The highest BCUT2D eigenvalue weighted by Gasteiger charge is 2.21. The molecule has 1 aromatic carbocycles. The summed E-state index contributed by atoms with van der Waals surface area (Å²) in [7, 11) is 1.44. The minimum Gasteiger partial charge on any atom is -0.479 e. The SMILES string of the molecule is Cc1ccc(OC(C)C(=O)NC(C)C)c(S(=O)(=O)Cl)c1. The van der Waals surface area contributed by atoms with Crippen LogP contribution >= 0.6 is 10.7 Å². The summed E-state index contributed by atoms with van der Waals surface area (Å²) in [5, 5.41) is 2.69. The quantitative estimate of drug-likeness (QED) is 0.845. The number of nitrogens with one attached hydrogen (secondary N) is 1. The van der Waals surface area contributed by atoms with Crippen molar-refractivity contribution in [3.8, 4) is 5.75 Å². The molecule has 112 valence electrons. The number of benzene rings is 1. The zero-order chi connectivity index (χ0) is 15.5. The minimum atomic E-state index is -3.93. The van der Waals surface area contributed by atoms with E-state index in [2.05, 4.69) is 5.32 Å². The van der Waals surface area contributed by atoms with Gasteiger partial charge in [-0.25, -0.2) is 8.42 Å². The average Bonchev–Trinajstić information content (AvgIpc) is 2.29. The number of hydrogen-bond acceptors (Lipinski definition) is 4. The second-order valence-electron chi connectivity index (χ2n) is 4.81. The van der Waals surface area contributed by atoms with Gasteiger partial charge in [-0.15, -0.1) is 0 Å². The minimum absolute atomic E-state index is 0.0252. The van der Waals surface area contributed by atoms with E-state index in [1.54, 1.807) is 19.9 Å². The molecule has 0 aliphatic carbocycles. The first-order valence-corrected chi connectivity index (χ1v) is 8.44. The topological polar surface area (TPSA) is 72.5 Å². The van der Waals surface area contributed by atoms with Crippen LogP contribution in [0.15, 0.2) is 23.1 Å². The Labute approximate surface area is 123 Å². The van der Waals surface area contributed by atoms with Gasteiger partial charge in [-0.05, 0) is 45.4 Å². The van der Waals surface area contributed by atoms with Gasteiger partial charge in [0, 0.05) is 16.7 Å². The predicted molar refractivity (Wildman–Crippen MR) is 77.6 cm³/mol. The molecule has 1 atom stereocenters. The molecule has 0 radical (unpaired) electrons. The van der Waals surface area contributed by atoms with E-state index in [0.29, 0.717) is 0 Å². The average molecular weight is 320 g/mol. The molecule has 1 rings (SSSR count). The van der Waals surface area contributed by atoms with Gasteiger partial charge in [0.1, 0.15) is 10.6 Å². The van der Waals surface area contributed by atoms with Gasteiger partial charge in [0.15, 0.2) is 6.10 Å². The van der Waals surface area contributed by atoms with E-state index < -0.39 is 15.2 Å². The van der Waals surface area contributed by atoms with E-state index in [1.165, 1.54) is 12.1 Å². The third-order valence-electron chi connectivity index (χ3n) is 2.47. The van der Waals surface area contributed by atoms with Crippen molar-refractivity contribution in [1.29, 1.82) is 0 Å². The Morgan fingerprint density at radius 1 is 1.30 bits per heavy atom. The molecular weight excluding hydrogens is 302 g/mol. The van der Waals surface area contributed by atoms with Crippen molar-refractivity contribution >= 4 is 25.6 Å². The number of carbonyl (C=O) groups excluding carboxylic acids is 1. The van der Waals surface area contributed by atoms with Crippen molar-refractivity contribution in [3.63, 3.8) is 0 Å². The van der Waals surface area contributed by atoms with Gasteiger partial charge in [0.2, 0.25) is 0 Å². The Hall–Kier alpha value is -1.27. The Morgan fingerprint density at radius 3 is 2.40 bits per heavy atom. The first-order chi connectivity index (χ1) is 9.11. The van der Waals surface area contributed by atoms with Crippen LogP contribution in [0.1, 0.15) is 26.3 Å². The van der Waals surface area contributed by atoms with Crippen LogP contribution in [-0.4, -0.2) is 26.5 Å². The predicted octanol–water partition coefficient (Wildman–Crippen LogP) is 2.21. The van der Waals surface area contributed by atoms with Gasteiger partial charge in [0.05, 0.1) is 0 Å². The lowest BCUT2D eigenvalue weighted by Gasteiger charge is -2.18. The number of halogens is 1. The Morgan fingerprint density at radius 2 is 1.90 bits per heavy atom. The fourth-order valence-corrected chi connectivity index (χ4v) is 2.59. The molecule has 1 N–H and O–H groups in total. The fourth-order valence-electron chi connectivity index (χ4n) is 1.55. The molecule has 0 spiro atoms. The number of rotatable bonds is 5. The van der Waals surface area contributed by atoms with Crippen LogP contribution in [0.25, 0.3) is 0 Å². The molecule has 0 fully saturated rings. The lowest BCUT2D eigenvalue weighted by Crippen LogP contribution is -2.40. The van der Waals surface area contributed by atoms with Gasteiger partial charge in [-0.3, -0.25) is 4.79 Å². The molecule has 5 nitrogen and oxygen atoms in total. The van der Waals surface area contributed by atoms with E-state index >= 15 is 0 Å². The number of hydrogen-bond donors (Lipinski definition) is 1. The van der Waals surface area contributed by atoms with Gasteiger partial charge < -0.3 is 10.1 Å². The summed E-state index contributed by atoms with van der Waals surface area (Å²) < 4.78 is 28.5. The zero-order valence-corrected chi connectivity index (χ0v) is 13.4. The van der Waals surface area contributed by atoms with E-state index in [0.717, 1.165) is 5.56 Å². The molecule has 1 amide bonds. The normalized spacial score (nSPS) is 13.1. The maximum atomic E-state index is 11.8. The van der Waals surface area contributed by atoms with Crippen molar-refractivity contribution in [2.45, 2.75) is 44.7 Å². The molecular formula is C13H18ClNO4S. The van der Waals surface area contributed by atoms with E-state index in [1.807, 2.05) is 13.8 Å². The molecule has 0 aliphatic rings. The van der Waals surface area contributed by atoms with Crippen molar-refractivity contribution < 1.29 is 17.9 Å². The van der Waals surface area contributed by atoms with Gasteiger partial charge in [-0.2, -0.15) is 0 Å². The molecule has 7 heteroatoms. The van der Waals surface area contributed by atoms with Gasteiger partial charge >= 0.3 is 0 Å². The van der Waals surface area contributed by atoms with Gasteiger partial charge in [-0.1, -0.05) is 6.07 Å². The molecule has 0 aromatic heterocycles. The van der Waals surface area contributed by atoms with Crippen LogP contribution < -0.4 is 10.1 Å². The number of ether oxygens (including phenoxy) is 1. The van der Waals surface area contributed by atoms with Crippen LogP contribution in [0.4, 0.5) is 0 Å². The maximum Gasteiger partial charge on any atom is 0.264 e. The molecule has 0 aliphatic heterocycles. The van der Waals surface area contributed by atoms with E-state index in [-0.39, 0.29) is 22.6 Å². The third-order valence-corrected chi connectivity index (χ3v) is 3.81. The lowest BCUT2D eigenvalue weighted by molar-refractivity contribution is -0.127. The Kier molecular flexibility index (Phi) is 5.42. The first kappa shape index (κ1) is 16.8. The second-order valence-corrected chi connectivity index (χ2v) is 7.35. The summed E-state index contributed by atoms with van der Waals surface area (Å²) >= 11 is 0. The van der Waals surface area contributed by atoms with Crippen LogP contribution in [-0.2, 0) is 13.8 Å². The highest BCUT2D eigenvalue weighted by molar-refractivity contribution is 8.13. The first-order valence-electron chi connectivity index (χ1n) is 6.13. The van der Waals surface area contributed by atoms with Crippen LogP contribution in [0, 0.1) is 6.92 Å². The van der Waals surface area contributed by atoms with E-state index in [9.17, 15) is 13.2 Å². The van der Waals surface area contributed by atoms with Crippen molar-refractivity contribution in [2.24, 2.45) is 0 Å². The van der Waals surface area contributed by atoms with Crippen LogP contribution in [0.3, 0.4) is 0 Å². The van der Waals surface area contributed by atoms with Crippen LogP contribution in [0.2, 0.25) is 0 Å². The van der Waals surface area contributed by atoms with Crippen molar-refractivity contribution in [1.82, 2.24) is 5.32 Å². The zero-order valence-electron chi connectivity index (χ0n) is 11.8. The largest absolute Gasteiger partial charge is 0.479 e. The Balaban J connectivity index is 3.01. The molecule has 1 unspecified atom stereocenters. The van der Waals surface area contributed by atoms with Gasteiger partial charge in [0.25, 0.3) is 15.0 Å². The second kappa shape index (κ2) is 6.45. The van der Waals surface area contributed by atoms with Crippen molar-refractivity contribution in [3.05, 3.63) is 23.8 Å². The highest BCUT2D eigenvalue weighted by Crippen LogP contribution is 2.28. The maximum absolute atomic E-state index is 11.8. The summed E-state index contributed by atoms with van der Waals surface area (Å²) in [6.07, 6.45) is -0.822.